The van der Waals surface area contributed by atoms with E-state index in [1.54, 1.807) is 6.92 Å². The molecule has 4 aliphatic rings. The number of ether oxygens (including phenoxy) is 2. The molecule has 0 aromatic heterocycles. The van der Waals surface area contributed by atoms with E-state index in [0.717, 1.165) is 38.0 Å². The number of fused-ring (bicyclic) bond motifs is 5. The standard InChI is InChI=1S/C23H34O4/c1-14(24)26-17-9-11-22(3)16(13-17)5-6-18-19-7-8-21(27-15(2)25)23(19,4)12-10-20(18)22/h13,17-21H,5-12H2,1-4H3/t17?,18-,19-,20-,21?,22-,23-/m0/s1. The maximum atomic E-state index is 11.6. The Morgan fingerprint density at radius 2 is 1.67 bits per heavy atom. The summed E-state index contributed by atoms with van der Waals surface area (Å²) in [5.41, 5.74) is 1.93. The lowest BCUT2D eigenvalue weighted by Crippen LogP contribution is -2.52. The Hall–Kier alpha value is -1.32. The highest BCUT2D eigenvalue weighted by molar-refractivity contribution is 5.66. The highest BCUT2D eigenvalue weighted by Crippen LogP contribution is 2.65. The van der Waals surface area contributed by atoms with Crippen molar-refractivity contribution in [2.24, 2.45) is 28.6 Å². The van der Waals surface area contributed by atoms with Gasteiger partial charge in [-0.05, 0) is 80.6 Å². The molecule has 27 heavy (non-hydrogen) atoms. The second kappa shape index (κ2) is 6.63. The number of rotatable bonds is 2. The van der Waals surface area contributed by atoms with Crippen LogP contribution >= 0.6 is 0 Å². The van der Waals surface area contributed by atoms with Crippen LogP contribution in [0.2, 0.25) is 0 Å². The number of esters is 2. The van der Waals surface area contributed by atoms with E-state index in [4.69, 9.17) is 9.47 Å². The van der Waals surface area contributed by atoms with Crippen LogP contribution in [0.15, 0.2) is 11.6 Å². The van der Waals surface area contributed by atoms with Crippen molar-refractivity contribution in [2.45, 2.75) is 91.3 Å². The predicted molar refractivity (Wildman–Crippen MR) is 103 cm³/mol. The van der Waals surface area contributed by atoms with Gasteiger partial charge in [-0.25, -0.2) is 0 Å². The van der Waals surface area contributed by atoms with Crippen molar-refractivity contribution in [3.8, 4) is 0 Å². The normalized spacial score (nSPS) is 45.8. The average molecular weight is 375 g/mol. The van der Waals surface area contributed by atoms with Gasteiger partial charge in [0.25, 0.3) is 0 Å². The van der Waals surface area contributed by atoms with Crippen LogP contribution in [0.5, 0.6) is 0 Å². The van der Waals surface area contributed by atoms with E-state index >= 15 is 0 Å². The summed E-state index contributed by atoms with van der Waals surface area (Å²) in [6.07, 6.45) is 11.4. The zero-order valence-electron chi connectivity index (χ0n) is 17.3. The molecule has 0 spiro atoms. The summed E-state index contributed by atoms with van der Waals surface area (Å²) in [7, 11) is 0. The summed E-state index contributed by atoms with van der Waals surface area (Å²) in [5.74, 6) is 1.81. The Morgan fingerprint density at radius 1 is 0.926 bits per heavy atom. The summed E-state index contributed by atoms with van der Waals surface area (Å²) in [4.78, 5) is 22.9. The van der Waals surface area contributed by atoms with Crippen molar-refractivity contribution in [3.05, 3.63) is 11.6 Å². The lowest BCUT2D eigenvalue weighted by Gasteiger charge is -2.58. The lowest BCUT2D eigenvalue weighted by atomic mass is 9.47. The van der Waals surface area contributed by atoms with Crippen LogP contribution in [0.1, 0.15) is 79.1 Å². The fraction of sp³-hybridized carbons (Fsp3) is 0.826. The van der Waals surface area contributed by atoms with Gasteiger partial charge in [-0.1, -0.05) is 19.4 Å². The molecule has 7 atom stereocenters. The summed E-state index contributed by atoms with van der Waals surface area (Å²) >= 11 is 0. The van der Waals surface area contributed by atoms with E-state index in [2.05, 4.69) is 19.9 Å². The molecule has 0 aromatic carbocycles. The highest BCUT2D eigenvalue weighted by atomic mass is 16.5. The molecule has 0 aliphatic heterocycles. The first-order chi connectivity index (χ1) is 12.7. The molecule has 4 nitrogen and oxygen atoms in total. The monoisotopic (exact) mass is 374 g/mol. The molecule has 3 saturated carbocycles. The molecule has 2 unspecified atom stereocenters. The second-order valence-electron chi connectivity index (χ2n) is 9.93. The van der Waals surface area contributed by atoms with Gasteiger partial charge in [0.15, 0.2) is 0 Å². The average Bonchev–Trinajstić information content (AvgIpc) is 2.91. The van der Waals surface area contributed by atoms with Gasteiger partial charge in [-0.2, -0.15) is 0 Å². The Morgan fingerprint density at radius 3 is 2.37 bits per heavy atom. The van der Waals surface area contributed by atoms with Crippen LogP contribution in [0.25, 0.3) is 0 Å². The Bertz CT molecular complexity index is 667. The highest BCUT2D eigenvalue weighted by Gasteiger charge is 2.59. The maximum absolute atomic E-state index is 11.6. The van der Waals surface area contributed by atoms with Crippen molar-refractivity contribution >= 4 is 11.9 Å². The number of carbonyl (C=O) groups excluding carboxylic acids is 2. The van der Waals surface area contributed by atoms with Crippen molar-refractivity contribution in [1.82, 2.24) is 0 Å². The van der Waals surface area contributed by atoms with Crippen LogP contribution in [0, 0.1) is 28.6 Å². The van der Waals surface area contributed by atoms with E-state index in [9.17, 15) is 9.59 Å². The molecule has 0 bridgehead atoms. The van der Waals surface area contributed by atoms with Gasteiger partial charge >= 0.3 is 11.9 Å². The molecular formula is C23H34O4. The molecule has 0 aromatic rings. The van der Waals surface area contributed by atoms with E-state index in [0.29, 0.717) is 11.8 Å². The largest absolute Gasteiger partial charge is 0.462 e. The van der Waals surface area contributed by atoms with Crippen LogP contribution < -0.4 is 0 Å². The summed E-state index contributed by atoms with van der Waals surface area (Å²) in [6.45, 7) is 7.88. The predicted octanol–water partition coefficient (Wildman–Crippen LogP) is 4.81. The van der Waals surface area contributed by atoms with Gasteiger partial charge in [-0.3, -0.25) is 9.59 Å². The third kappa shape index (κ3) is 3.03. The van der Waals surface area contributed by atoms with E-state index < -0.39 is 0 Å². The van der Waals surface area contributed by atoms with Gasteiger partial charge in [-0.15, -0.1) is 0 Å². The first-order valence-electron chi connectivity index (χ1n) is 10.8. The number of carbonyl (C=O) groups is 2. The third-order valence-electron chi connectivity index (χ3n) is 8.61. The maximum Gasteiger partial charge on any atom is 0.303 e. The van der Waals surface area contributed by atoms with Crippen molar-refractivity contribution < 1.29 is 19.1 Å². The summed E-state index contributed by atoms with van der Waals surface area (Å²) in [5, 5.41) is 0. The van der Waals surface area contributed by atoms with Gasteiger partial charge in [0.2, 0.25) is 0 Å². The third-order valence-corrected chi connectivity index (χ3v) is 8.61. The lowest BCUT2D eigenvalue weighted by molar-refractivity contribution is -0.157. The molecule has 3 fully saturated rings. The molecular weight excluding hydrogens is 340 g/mol. The first-order valence-corrected chi connectivity index (χ1v) is 10.8. The van der Waals surface area contributed by atoms with Gasteiger partial charge in [0, 0.05) is 19.3 Å². The summed E-state index contributed by atoms with van der Waals surface area (Å²) in [6, 6.07) is 0. The number of hydrogen-bond acceptors (Lipinski definition) is 4. The van der Waals surface area contributed by atoms with E-state index in [-0.39, 0.29) is 35.0 Å². The Kier molecular flexibility index (Phi) is 4.67. The van der Waals surface area contributed by atoms with Crippen molar-refractivity contribution in [3.63, 3.8) is 0 Å². The van der Waals surface area contributed by atoms with Crippen LogP contribution in [-0.4, -0.2) is 24.1 Å². The molecule has 4 rings (SSSR count). The minimum absolute atomic E-state index is 0.0317. The molecule has 4 aliphatic carbocycles. The fourth-order valence-electron chi connectivity index (χ4n) is 7.35. The number of hydrogen-bond donors (Lipinski definition) is 0. The van der Waals surface area contributed by atoms with Crippen LogP contribution in [0.4, 0.5) is 0 Å². The van der Waals surface area contributed by atoms with Gasteiger partial charge < -0.3 is 9.47 Å². The molecule has 4 heteroatoms. The zero-order chi connectivity index (χ0) is 19.4. The van der Waals surface area contributed by atoms with Crippen molar-refractivity contribution in [1.29, 1.82) is 0 Å². The van der Waals surface area contributed by atoms with Gasteiger partial charge in [0.1, 0.15) is 12.2 Å². The van der Waals surface area contributed by atoms with Crippen molar-refractivity contribution in [2.75, 3.05) is 0 Å². The molecule has 0 saturated heterocycles. The zero-order valence-corrected chi connectivity index (χ0v) is 17.3. The molecule has 0 radical (unpaired) electrons. The molecule has 0 amide bonds. The Labute approximate surface area is 163 Å². The number of allylic oxidation sites excluding steroid dienone is 1. The van der Waals surface area contributed by atoms with Crippen LogP contribution in [0.3, 0.4) is 0 Å². The summed E-state index contributed by atoms with van der Waals surface area (Å²) < 4.78 is 11.2. The van der Waals surface area contributed by atoms with Gasteiger partial charge in [0.05, 0.1) is 0 Å². The second-order valence-corrected chi connectivity index (χ2v) is 9.93. The minimum atomic E-state index is -0.176. The first kappa shape index (κ1) is 19.0. The quantitative estimate of drug-likeness (QED) is 0.514. The molecule has 150 valence electrons. The Balaban J connectivity index is 1.56. The fourth-order valence-corrected chi connectivity index (χ4v) is 7.35. The van der Waals surface area contributed by atoms with E-state index in [1.807, 2.05) is 0 Å². The smallest absolute Gasteiger partial charge is 0.303 e. The van der Waals surface area contributed by atoms with E-state index in [1.165, 1.54) is 31.8 Å². The minimum Gasteiger partial charge on any atom is -0.462 e. The van der Waals surface area contributed by atoms with Crippen LogP contribution in [-0.2, 0) is 19.1 Å². The molecule has 0 N–H and O–H groups in total. The molecule has 0 heterocycles. The SMILES string of the molecule is CC(=O)OC1C=C2CC[C@@H]3[C@H](CC[C@]4(C)C(OC(C)=O)CC[C@@H]34)[C@@]2(C)CC1. The topological polar surface area (TPSA) is 52.6 Å².